The Labute approximate surface area is 329 Å². The highest BCUT2D eigenvalue weighted by Crippen LogP contribution is 2.50. The molecule has 0 bridgehead atoms. The molecule has 0 atom stereocenters. The molecule has 1 aliphatic carbocycles. The van der Waals surface area contributed by atoms with Crippen LogP contribution in [0.1, 0.15) is 25.0 Å². The van der Waals surface area contributed by atoms with Crippen LogP contribution in [0.5, 0.6) is 0 Å². The van der Waals surface area contributed by atoms with Gasteiger partial charge in [0.25, 0.3) is 0 Å². The number of benzene rings is 8. The van der Waals surface area contributed by atoms with Crippen LogP contribution in [0.2, 0.25) is 0 Å². The van der Waals surface area contributed by atoms with Gasteiger partial charge >= 0.3 is 0 Å². The lowest BCUT2D eigenvalue weighted by atomic mass is 9.82. The molecule has 0 fully saturated rings. The first-order valence-corrected chi connectivity index (χ1v) is 19.7. The van der Waals surface area contributed by atoms with E-state index in [0.717, 1.165) is 39.2 Å². The molecule has 0 amide bonds. The van der Waals surface area contributed by atoms with Gasteiger partial charge in [-0.25, -0.2) is 9.97 Å². The molecule has 0 aliphatic heterocycles. The van der Waals surface area contributed by atoms with Crippen LogP contribution in [-0.2, 0) is 5.41 Å². The van der Waals surface area contributed by atoms with Crippen molar-refractivity contribution in [3.8, 4) is 45.0 Å². The number of aromatic nitrogens is 4. The van der Waals surface area contributed by atoms with Crippen molar-refractivity contribution in [3.63, 3.8) is 0 Å². The molecule has 12 rings (SSSR count). The number of para-hydroxylation sites is 4. The Morgan fingerprint density at radius 3 is 1.60 bits per heavy atom. The summed E-state index contributed by atoms with van der Waals surface area (Å²) in [6, 6.07) is 65.6. The van der Waals surface area contributed by atoms with E-state index in [0.29, 0.717) is 0 Å². The van der Waals surface area contributed by atoms with Gasteiger partial charge in [0.1, 0.15) is 0 Å². The van der Waals surface area contributed by atoms with Crippen LogP contribution < -0.4 is 0 Å². The minimum atomic E-state index is -0.0871. The smallest absolute Gasteiger partial charge is 0.0973 e. The van der Waals surface area contributed by atoms with Gasteiger partial charge in [0.2, 0.25) is 0 Å². The van der Waals surface area contributed by atoms with Crippen LogP contribution in [0.25, 0.3) is 99.7 Å². The van der Waals surface area contributed by atoms with Crippen molar-refractivity contribution >= 4 is 54.6 Å². The van der Waals surface area contributed by atoms with E-state index in [1.54, 1.807) is 0 Å². The van der Waals surface area contributed by atoms with Crippen molar-refractivity contribution in [2.75, 3.05) is 0 Å². The molecule has 0 saturated heterocycles. The molecule has 57 heavy (non-hydrogen) atoms. The quantitative estimate of drug-likeness (QED) is 0.181. The van der Waals surface area contributed by atoms with Gasteiger partial charge in [-0.3, -0.25) is 0 Å². The molecule has 11 aromatic rings. The zero-order valence-corrected chi connectivity index (χ0v) is 31.6. The maximum Gasteiger partial charge on any atom is 0.0973 e. The first-order valence-electron chi connectivity index (χ1n) is 19.7. The second kappa shape index (κ2) is 11.8. The van der Waals surface area contributed by atoms with Crippen molar-refractivity contribution in [1.29, 1.82) is 0 Å². The highest BCUT2D eigenvalue weighted by Gasteiger charge is 2.35. The zero-order chi connectivity index (χ0) is 37.8. The number of fused-ring (bicyclic) bond motifs is 11. The van der Waals surface area contributed by atoms with Crippen LogP contribution in [-0.4, -0.2) is 19.1 Å². The van der Waals surface area contributed by atoms with E-state index < -0.39 is 0 Å². The van der Waals surface area contributed by atoms with Crippen LogP contribution in [0, 0.1) is 0 Å². The highest BCUT2D eigenvalue weighted by atomic mass is 15.0. The van der Waals surface area contributed by atoms with Crippen molar-refractivity contribution in [3.05, 3.63) is 193 Å². The summed E-state index contributed by atoms with van der Waals surface area (Å²) in [5.41, 5.74) is 17.9. The molecule has 1 aliphatic rings. The Kier molecular flexibility index (Phi) is 6.65. The average molecular weight is 729 g/mol. The van der Waals surface area contributed by atoms with Gasteiger partial charge < -0.3 is 9.13 Å². The summed E-state index contributed by atoms with van der Waals surface area (Å²) in [6.07, 6.45) is 0. The van der Waals surface area contributed by atoms with Gasteiger partial charge in [-0.2, -0.15) is 0 Å². The third-order valence-corrected chi connectivity index (χ3v) is 12.3. The molecule has 3 heterocycles. The summed E-state index contributed by atoms with van der Waals surface area (Å²) in [7, 11) is 0. The van der Waals surface area contributed by atoms with Crippen molar-refractivity contribution in [2.24, 2.45) is 0 Å². The molecular weight excluding hydrogens is 693 g/mol. The second-order valence-electron chi connectivity index (χ2n) is 15.8. The van der Waals surface area contributed by atoms with Gasteiger partial charge in [0, 0.05) is 49.5 Å². The van der Waals surface area contributed by atoms with Crippen molar-refractivity contribution in [1.82, 2.24) is 19.1 Å². The van der Waals surface area contributed by atoms with Crippen LogP contribution in [0.4, 0.5) is 0 Å². The topological polar surface area (TPSA) is 35.6 Å². The fourth-order valence-electron chi connectivity index (χ4n) is 9.70. The van der Waals surface area contributed by atoms with E-state index in [9.17, 15) is 0 Å². The Balaban J connectivity index is 1.10. The number of rotatable bonds is 4. The van der Waals surface area contributed by atoms with E-state index >= 15 is 0 Å². The van der Waals surface area contributed by atoms with Gasteiger partial charge in [0.05, 0.1) is 44.5 Å². The summed E-state index contributed by atoms with van der Waals surface area (Å²) in [5, 5.41) is 5.00. The fourth-order valence-corrected chi connectivity index (χ4v) is 9.70. The van der Waals surface area contributed by atoms with Crippen molar-refractivity contribution in [2.45, 2.75) is 19.3 Å². The normalized spacial score (nSPS) is 13.2. The number of hydrogen-bond acceptors (Lipinski definition) is 2. The lowest BCUT2D eigenvalue weighted by Gasteiger charge is -2.22. The van der Waals surface area contributed by atoms with Gasteiger partial charge in [-0.1, -0.05) is 135 Å². The molecule has 4 nitrogen and oxygen atoms in total. The molecule has 0 unspecified atom stereocenters. The molecule has 3 aromatic heterocycles. The standard InChI is InChI=1S/C53H36N4/c1-53(2)41-22-9-6-19-37(41)38-28-27-36(32-42(38)53)57-46-26-13-8-21-40(46)50-48(57)30-29-47-49(50)39-20-7-12-25-45(39)56(47)35-18-14-17-34(31-35)52-51(33-15-4-3-5-16-33)54-43-23-10-11-24-44(43)55-52/h3-32H,1-2H3. The molecular formula is C53H36N4. The van der Waals surface area contributed by atoms with Crippen LogP contribution >= 0.6 is 0 Å². The summed E-state index contributed by atoms with van der Waals surface area (Å²) >= 11 is 0. The molecule has 8 aromatic carbocycles. The van der Waals surface area contributed by atoms with E-state index in [2.05, 4.69) is 175 Å². The summed E-state index contributed by atoms with van der Waals surface area (Å²) < 4.78 is 4.89. The van der Waals surface area contributed by atoms with Gasteiger partial charge in [-0.05, 0) is 82.9 Å². The Morgan fingerprint density at radius 2 is 0.912 bits per heavy atom. The third kappa shape index (κ3) is 4.55. The lowest BCUT2D eigenvalue weighted by Crippen LogP contribution is -2.15. The predicted octanol–water partition coefficient (Wildman–Crippen LogP) is 13.5. The first-order chi connectivity index (χ1) is 28.0. The summed E-state index contributed by atoms with van der Waals surface area (Å²) in [6.45, 7) is 4.71. The maximum absolute atomic E-state index is 5.24. The Morgan fingerprint density at radius 1 is 0.386 bits per heavy atom. The molecule has 0 spiro atoms. The lowest BCUT2D eigenvalue weighted by molar-refractivity contribution is 0.660. The zero-order valence-electron chi connectivity index (χ0n) is 31.6. The third-order valence-electron chi connectivity index (χ3n) is 12.3. The van der Waals surface area contributed by atoms with E-state index in [4.69, 9.17) is 9.97 Å². The monoisotopic (exact) mass is 728 g/mol. The molecule has 268 valence electrons. The summed E-state index contributed by atoms with van der Waals surface area (Å²) in [4.78, 5) is 10.4. The largest absolute Gasteiger partial charge is 0.309 e. The van der Waals surface area contributed by atoms with Crippen LogP contribution in [0.15, 0.2) is 182 Å². The molecule has 0 radical (unpaired) electrons. The highest BCUT2D eigenvalue weighted by molar-refractivity contribution is 6.29. The van der Waals surface area contributed by atoms with E-state index in [-0.39, 0.29) is 5.41 Å². The van der Waals surface area contributed by atoms with Crippen molar-refractivity contribution < 1.29 is 0 Å². The van der Waals surface area contributed by atoms with E-state index in [1.165, 1.54) is 71.6 Å². The molecule has 4 heteroatoms. The minimum Gasteiger partial charge on any atom is -0.309 e. The second-order valence-corrected chi connectivity index (χ2v) is 15.8. The van der Waals surface area contributed by atoms with Crippen LogP contribution in [0.3, 0.4) is 0 Å². The Hall–Kier alpha value is -7.30. The first kappa shape index (κ1) is 32.0. The summed E-state index contributed by atoms with van der Waals surface area (Å²) in [5.74, 6) is 0. The fraction of sp³-hybridized carbons (Fsp3) is 0.0566. The average Bonchev–Trinajstić information content (AvgIpc) is 3.86. The number of nitrogens with zero attached hydrogens (tertiary/aromatic N) is 4. The maximum atomic E-state index is 5.24. The Bertz CT molecular complexity index is 3440. The molecule has 0 saturated carbocycles. The van der Waals surface area contributed by atoms with E-state index in [1.807, 2.05) is 30.3 Å². The minimum absolute atomic E-state index is 0.0871. The SMILES string of the molecule is CC1(C)c2ccccc2-c2ccc(-n3c4ccccc4c4c5c6ccccc6n(-c6cccc(-c7nc8ccccc8nc7-c7ccccc7)c6)c5ccc43)cc21. The number of hydrogen-bond donors (Lipinski definition) is 0. The van der Waals surface area contributed by atoms with Gasteiger partial charge in [0.15, 0.2) is 0 Å². The van der Waals surface area contributed by atoms with Gasteiger partial charge in [-0.15, -0.1) is 0 Å². The predicted molar refractivity (Wildman–Crippen MR) is 237 cm³/mol. The molecule has 0 N–H and O–H groups in total.